The van der Waals surface area contributed by atoms with Crippen molar-refractivity contribution in [3.05, 3.63) is 41.1 Å². The zero-order valence-corrected chi connectivity index (χ0v) is 9.51. The van der Waals surface area contributed by atoms with E-state index < -0.39 is 6.17 Å². The van der Waals surface area contributed by atoms with Crippen molar-refractivity contribution in [2.45, 2.75) is 25.6 Å². The van der Waals surface area contributed by atoms with E-state index in [2.05, 4.69) is 0 Å². The molecule has 1 amide bonds. The second-order valence-electron chi connectivity index (χ2n) is 4.78. The van der Waals surface area contributed by atoms with Gasteiger partial charge in [0.2, 0.25) is 6.41 Å². The fourth-order valence-electron chi connectivity index (χ4n) is 2.30. The molecular formula is C12H16N2O2. The summed E-state index contributed by atoms with van der Waals surface area (Å²) in [4.78, 5) is 12.7. The zero-order chi connectivity index (χ0) is 11.8. The maximum absolute atomic E-state index is 12.0. The predicted octanol–water partition coefficient (Wildman–Crippen LogP) is 0.318. The number of carbonyl (C=O) groups excluding carboxylic acids is 1. The molecule has 2 atom stereocenters. The number of nitrogens with zero attached hydrogens (tertiary/aromatic N) is 1. The van der Waals surface area contributed by atoms with Crippen LogP contribution in [0.5, 0.6) is 0 Å². The van der Waals surface area contributed by atoms with Crippen molar-refractivity contribution in [2.75, 3.05) is 6.54 Å². The molecule has 1 heterocycles. The second kappa shape index (κ2) is 3.88. The molecule has 0 radical (unpaired) electrons. The number of benzene rings is 1. The fourth-order valence-corrected chi connectivity index (χ4v) is 2.30. The standard InChI is InChI=1S/C12H16N2O2/c1-12(2)8-14(16)11(13(12)9-15)10-6-4-3-5-7-10/h3-7,9,11,14H,8H2,1-2H3. The van der Waals surface area contributed by atoms with E-state index >= 15 is 0 Å². The van der Waals surface area contributed by atoms with Crippen molar-refractivity contribution >= 4 is 6.41 Å². The molecule has 0 spiro atoms. The molecule has 4 heteroatoms. The third-order valence-corrected chi connectivity index (χ3v) is 3.12. The van der Waals surface area contributed by atoms with Crippen LogP contribution >= 0.6 is 0 Å². The van der Waals surface area contributed by atoms with Crippen molar-refractivity contribution in [3.63, 3.8) is 0 Å². The second-order valence-corrected chi connectivity index (χ2v) is 4.78. The monoisotopic (exact) mass is 220 g/mol. The minimum atomic E-state index is -0.409. The summed E-state index contributed by atoms with van der Waals surface area (Å²) in [6.45, 7) is 4.26. The highest BCUT2D eigenvalue weighted by molar-refractivity contribution is 5.50. The maximum Gasteiger partial charge on any atom is 0.215 e. The van der Waals surface area contributed by atoms with Crippen LogP contribution < -0.4 is 5.06 Å². The highest BCUT2D eigenvalue weighted by Crippen LogP contribution is 2.26. The summed E-state index contributed by atoms with van der Waals surface area (Å²) in [6, 6.07) is 9.45. The molecule has 0 bridgehead atoms. The smallest absolute Gasteiger partial charge is 0.215 e. The summed E-state index contributed by atoms with van der Waals surface area (Å²) in [5, 5.41) is 12.1. The lowest BCUT2D eigenvalue weighted by Crippen LogP contribution is -3.06. The number of rotatable bonds is 2. The molecule has 0 aliphatic carbocycles. The average Bonchev–Trinajstić information content (AvgIpc) is 2.48. The normalized spacial score (nSPS) is 28.1. The first-order valence-corrected chi connectivity index (χ1v) is 5.37. The summed E-state index contributed by atoms with van der Waals surface area (Å²) in [5.74, 6) is 0. The summed E-state index contributed by atoms with van der Waals surface area (Å²) in [6.07, 6.45) is 0.372. The molecule has 1 aliphatic rings. The van der Waals surface area contributed by atoms with Crippen LogP contribution in [0.4, 0.5) is 0 Å². The number of quaternary nitrogens is 1. The van der Waals surface area contributed by atoms with Crippen molar-refractivity contribution < 1.29 is 9.86 Å². The van der Waals surface area contributed by atoms with E-state index in [1.807, 2.05) is 44.2 Å². The van der Waals surface area contributed by atoms with Crippen LogP contribution in [0.15, 0.2) is 30.3 Å². The molecule has 1 saturated heterocycles. The third kappa shape index (κ3) is 1.70. The zero-order valence-electron chi connectivity index (χ0n) is 9.51. The Morgan fingerprint density at radius 3 is 2.62 bits per heavy atom. The number of hydrogen-bond donors (Lipinski definition) is 1. The van der Waals surface area contributed by atoms with Gasteiger partial charge in [-0.1, -0.05) is 30.3 Å². The molecular weight excluding hydrogens is 204 g/mol. The first-order valence-electron chi connectivity index (χ1n) is 5.37. The third-order valence-electron chi connectivity index (χ3n) is 3.12. The SMILES string of the molecule is CC1(C)C[NH+]([O-])C(c2ccccc2)N1C=O. The molecule has 4 nitrogen and oxygen atoms in total. The topological polar surface area (TPSA) is 47.8 Å². The molecule has 1 aromatic rings. The van der Waals surface area contributed by atoms with E-state index in [1.54, 1.807) is 4.90 Å². The van der Waals surface area contributed by atoms with Gasteiger partial charge in [0.25, 0.3) is 0 Å². The van der Waals surface area contributed by atoms with Crippen molar-refractivity contribution in [3.8, 4) is 0 Å². The Labute approximate surface area is 95.0 Å². The van der Waals surface area contributed by atoms with Crippen molar-refractivity contribution in [2.24, 2.45) is 0 Å². The van der Waals surface area contributed by atoms with Crippen LogP contribution in [0.1, 0.15) is 25.6 Å². The van der Waals surface area contributed by atoms with E-state index in [1.165, 1.54) is 0 Å². The molecule has 1 aromatic carbocycles. The average molecular weight is 220 g/mol. The molecule has 0 saturated carbocycles. The molecule has 2 rings (SSSR count). The first-order chi connectivity index (χ1) is 7.56. The van der Waals surface area contributed by atoms with E-state index in [-0.39, 0.29) is 10.6 Å². The van der Waals surface area contributed by atoms with Crippen LogP contribution in [-0.4, -0.2) is 23.4 Å². The lowest BCUT2D eigenvalue weighted by Gasteiger charge is -2.29. The molecule has 1 fully saturated rings. The quantitative estimate of drug-likeness (QED) is 0.576. The Balaban J connectivity index is 2.37. The molecule has 16 heavy (non-hydrogen) atoms. The van der Waals surface area contributed by atoms with Gasteiger partial charge in [-0.15, -0.1) is 0 Å². The van der Waals surface area contributed by atoms with Gasteiger partial charge >= 0.3 is 0 Å². The van der Waals surface area contributed by atoms with Gasteiger partial charge in [-0.25, -0.2) is 0 Å². The molecule has 0 aromatic heterocycles. The van der Waals surface area contributed by atoms with Crippen LogP contribution in [0, 0.1) is 5.21 Å². The predicted molar refractivity (Wildman–Crippen MR) is 60.4 cm³/mol. The van der Waals surface area contributed by atoms with Crippen molar-refractivity contribution in [1.29, 1.82) is 0 Å². The Morgan fingerprint density at radius 1 is 1.44 bits per heavy atom. The van der Waals surface area contributed by atoms with E-state index in [0.29, 0.717) is 6.54 Å². The Hall–Kier alpha value is -1.39. The number of nitrogens with one attached hydrogen (secondary N) is 1. The van der Waals surface area contributed by atoms with Gasteiger partial charge in [0.1, 0.15) is 6.54 Å². The number of hydroxylamine groups is 2. The van der Waals surface area contributed by atoms with E-state index in [4.69, 9.17) is 0 Å². The lowest BCUT2D eigenvalue weighted by atomic mass is 10.1. The van der Waals surface area contributed by atoms with Gasteiger partial charge in [-0.2, -0.15) is 0 Å². The summed E-state index contributed by atoms with van der Waals surface area (Å²) < 4.78 is 0. The highest BCUT2D eigenvalue weighted by atomic mass is 16.5. The lowest BCUT2D eigenvalue weighted by molar-refractivity contribution is -0.874. The minimum Gasteiger partial charge on any atom is -0.632 e. The largest absolute Gasteiger partial charge is 0.632 e. The molecule has 2 unspecified atom stereocenters. The first kappa shape index (κ1) is 11.1. The van der Waals surface area contributed by atoms with E-state index in [9.17, 15) is 10.0 Å². The Kier molecular flexibility index (Phi) is 2.69. The van der Waals surface area contributed by atoms with Gasteiger partial charge in [0.05, 0.1) is 5.54 Å². The number of amides is 1. The Morgan fingerprint density at radius 2 is 2.06 bits per heavy atom. The van der Waals surface area contributed by atoms with Gasteiger partial charge < -0.3 is 10.3 Å². The van der Waals surface area contributed by atoms with Gasteiger partial charge in [-0.05, 0) is 13.8 Å². The van der Waals surface area contributed by atoms with Gasteiger partial charge in [-0.3, -0.25) is 9.69 Å². The van der Waals surface area contributed by atoms with E-state index in [0.717, 1.165) is 12.0 Å². The summed E-state index contributed by atoms with van der Waals surface area (Å²) in [7, 11) is 0. The number of carbonyl (C=O) groups is 1. The summed E-state index contributed by atoms with van der Waals surface area (Å²) >= 11 is 0. The molecule has 86 valence electrons. The molecule has 1 N–H and O–H groups in total. The minimum absolute atomic E-state index is 0.114. The van der Waals surface area contributed by atoms with Crippen LogP contribution in [0.3, 0.4) is 0 Å². The van der Waals surface area contributed by atoms with Gasteiger partial charge in [0, 0.05) is 5.56 Å². The molecule has 1 aliphatic heterocycles. The Bertz CT molecular complexity index is 378. The van der Waals surface area contributed by atoms with Gasteiger partial charge in [0.15, 0.2) is 6.17 Å². The summed E-state index contributed by atoms with van der Waals surface area (Å²) in [5.41, 5.74) is 0.518. The van der Waals surface area contributed by atoms with Crippen molar-refractivity contribution in [1.82, 2.24) is 4.90 Å². The van der Waals surface area contributed by atoms with Crippen LogP contribution in [0.2, 0.25) is 0 Å². The fraction of sp³-hybridized carbons (Fsp3) is 0.417. The highest BCUT2D eigenvalue weighted by Gasteiger charge is 2.45. The van der Waals surface area contributed by atoms with Crippen LogP contribution in [0.25, 0.3) is 0 Å². The maximum atomic E-state index is 12.0. The number of hydrogen-bond acceptors (Lipinski definition) is 2. The van der Waals surface area contributed by atoms with Crippen LogP contribution in [-0.2, 0) is 4.79 Å².